The molecule has 0 aliphatic rings. The third-order valence-electron chi connectivity index (χ3n) is 5.59. The van der Waals surface area contributed by atoms with Crippen molar-refractivity contribution < 1.29 is 52.7 Å². The molecule has 1 aromatic rings. The molecule has 0 aromatic heterocycles. The average Bonchev–Trinajstić information content (AvgIpc) is 2.89. The first-order valence-corrected chi connectivity index (χ1v) is 12.7. The number of aliphatic carboxylic acids is 1. The Labute approximate surface area is 222 Å². The molecule has 3 N–H and O–H groups in total. The van der Waals surface area contributed by atoms with Crippen molar-refractivity contribution in [2.75, 3.05) is 26.9 Å². The van der Waals surface area contributed by atoms with Crippen LogP contribution in [0.25, 0.3) is 0 Å². The number of rotatable bonds is 16. The Morgan fingerprint density at radius 2 is 1.39 bits per heavy atom. The maximum Gasteiger partial charge on any atom is 0.513 e. The van der Waals surface area contributed by atoms with Gasteiger partial charge < -0.3 is 39.3 Å². The number of hydrogen-bond acceptors (Lipinski definition) is 11. The number of hydrogen-bond donors (Lipinski definition) is 2. The number of unbranched alkanes of at least 4 members (excludes halogenated alkanes) is 4. The molecule has 0 heterocycles. The maximum atomic E-state index is 12.3. The minimum absolute atomic E-state index is 0.135. The first-order valence-electron chi connectivity index (χ1n) is 12.7. The molecule has 0 bridgehead atoms. The summed E-state index contributed by atoms with van der Waals surface area (Å²) in [7, 11) is 1.14. The van der Waals surface area contributed by atoms with Crippen LogP contribution >= 0.6 is 0 Å². The van der Waals surface area contributed by atoms with E-state index in [1.54, 1.807) is 6.92 Å². The highest BCUT2D eigenvalue weighted by Gasteiger charge is 2.33. The normalized spacial score (nSPS) is 13.0. The highest BCUT2D eigenvalue weighted by atomic mass is 16.7. The highest BCUT2D eigenvalue weighted by molar-refractivity contribution is 5.75. The van der Waals surface area contributed by atoms with E-state index >= 15 is 0 Å². The van der Waals surface area contributed by atoms with Crippen molar-refractivity contribution in [1.29, 1.82) is 0 Å². The van der Waals surface area contributed by atoms with Gasteiger partial charge >= 0.3 is 24.4 Å². The second kappa shape index (κ2) is 17.8. The summed E-state index contributed by atoms with van der Waals surface area (Å²) >= 11 is 0. The van der Waals surface area contributed by atoms with Crippen molar-refractivity contribution in [2.45, 2.75) is 71.3 Å². The van der Waals surface area contributed by atoms with Crippen LogP contribution in [0, 0.1) is 5.92 Å². The fourth-order valence-electron chi connectivity index (χ4n) is 3.56. The molecular formula is C26H39NO11. The fraction of sp³-hybridized carbons (Fsp3) is 0.615. The average molecular weight is 542 g/mol. The summed E-state index contributed by atoms with van der Waals surface area (Å²) < 4.78 is 30.1. The van der Waals surface area contributed by atoms with Gasteiger partial charge in [0.15, 0.2) is 11.5 Å². The SMILES string of the molecule is CCCCCOC(=O)Oc1ccc(C(C(C)COC(=O)OC)[C@H](N)C(=O)O)cc1OC(=O)OCCCCC. The number of ether oxygens (including phenoxy) is 6. The largest absolute Gasteiger partial charge is 0.513 e. The van der Waals surface area contributed by atoms with Gasteiger partial charge in [-0.1, -0.05) is 52.5 Å². The van der Waals surface area contributed by atoms with Crippen LogP contribution in [0.5, 0.6) is 11.5 Å². The second-order valence-electron chi connectivity index (χ2n) is 8.65. The molecule has 0 fully saturated rings. The van der Waals surface area contributed by atoms with Crippen molar-refractivity contribution in [3.63, 3.8) is 0 Å². The fourth-order valence-corrected chi connectivity index (χ4v) is 3.56. The molecule has 38 heavy (non-hydrogen) atoms. The minimum Gasteiger partial charge on any atom is -0.480 e. The second-order valence-corrected chi connectivity index (χ2v) is 8.65. The van der Waals surface area contributed by atoms with E-state index in [1.165, 1.54) is 18.2 Å². The molecule has 0 saturated heterocycles. The van der Waals surface area contributed by atoms with E-state index in [2.05, 4.69) is 4.74 Å². The lowest BCUT2D eigenvalue weighted by Crippen LogP contribution is -2.40. The zero-order chi connectivity index (χ0) is 28.5. The third kappa shape index (κ3) is 11.7. The summed E-state index contributed by atoms with van der Waals surface area (Å²) in [5.74, 6) is -3.12. The van der Waals surface area contributed by atoms with Crippen molar-refractivity contribution in [2.24, 2.45) is 11.7 Å². The molecule has 12 nitrogen and oxygen atoms in total. The quantitative estimate of drug-likeness (QED) is 0.124. The topological polar surface area (TPSA) is 170 Å². The number of carbonyl (C=O) groups excluding carboxylic acids is 3. The molecule has 12 heteroatoms. The molecule has 0 spiro atoms. The molecule has 1 rings (SSSR count). The van der Waals surface area contributed by atoms with Crippen LogP contribution < -0.4 is 15.2 Å². The van der Waals surface area contributed by atoms with Gasteiger partial charge in [0.25, 0.3) is 0 Å². The molecule has 214 valence electrons. The Morgan fingerprint density at radius 1 is 0.842 bits per heavy atom. The molecule has 0 aliphatic carbocycles. The molecule has 2 unspecified atom stereocenters. The highest BCUT2D eigenvalue weighted by Crippen LogP contribution is 2.36. The predicted molar refractivity (Wildman–Crippen MR) is 135 cm³/mol. The lowest BCUT2D eigenvalue weighted by Gasteiger charge is -2.27. The Morgan fingerprint density at radius 3 is 1.89 bits per heavy atom. The summed E-state index contributed by atoms with van der Waals surface area (Å²) in [6, 6.07) is 2.73. The molecule has 1 aromatic carbocycles. The van der Waals surface area contributed by atoms with Gasteiger partial charge in [-0.3, -0.25) is 4.79 Å². The number of nitrogens with two attached hydrogens (primary N) is 1. The van der Waals surface area contributed by atoms with Crippen molar-refractivity contribution in [3.8, 4) is 11.5 Å². The van der Waals surface area contributed by atoms with E-state index in [9.17, 15) is 24.3 Å². The Bertz CT molecular complexity index is 905. The van der Waals surface area contributed by atoms with Gasteiger partial charge in [0, 0.05) is 5.92 Å². The summed E-state index contributed by atoms with van der Waals surface area (Å²) in [4.78, 5) is 47.7. The van der Waals surface area contributed by atoms with Crippen LogP contribution in [0.4, 0.5) is 14.4 Å². The van der Waals surface area contributed by atoms with Gasteiger partial charge in [-0.15, -0.1) is 0 Å². The van der Waals surface area contributed by atoms with Crippen LogP contribution in [0.2, 0.25) is 0 Å². The molecule has 0 radical (unpaired) electrons. The molecule has 0 amide bonds. The minimum atomic E-state index is -1.41. The van der Waals surface area contributed by atoms with Crippen LogP contribution in [-0.2, 0) is 23.7 Å². The molecule has 0 aliphatic heterocycles. The first kappa shape index (κ1) is 32.5. The third-order valence-corrected chi connectivity index (χ3v) is 5.59. The van der Waals surface area contributed by atoms with Gasteiger partial charge in [0.1, 0.15) is 6.04 Å². The van der Waals surface area contributed by atoms with Gasteiger partial charge in [0.05, 0.1) is 26.9 Å². The van der Waals surface area contributed by atoms with Crippen LogP contribution in [-0.4, -0.2) is 62.5 Å². The molecular weight excluding hydrogens is 502 g/mol. The number of carbonyl (C=O) groups is 4. The smallest absolute Gasteiger partial charge is 0.480 e. The molecule has 0 saturated carbocycles. The predicted octanol–water partition coefficient (Wildman–Crippen LogP) is 5.01. The van der Waals surface area contributed by atoms with Gasteiger partial charge in [-0.05, 0) is 36.5 Å². The van der Waals surface area contributed by atoms with E-state index in [4.69, 9.17) is 29.4 Å². The van der Waals surface area contributed by atoms with Gasteiger partial charge in [-0.2, -0.15) is 0 Å². The Kier molecular flexibility index (Phi) is 15.2. The van der Waals surface area contributed by atoms with Crippen molar-refractivity contribution in [3.05, 3.63) is 23.8 Å². The monoisotopic (exact) mass is 541 g/mol. The summed E-state index contributed by atoms with van der Waals surface area (Å²) in [5, 5.41) is 9.59. The van der Waals surface area contributed by atoms with E-state index in [1.807, 2.05) is 13.8 Å². The summed E-state index contributed by atoms with van der Waals surface area (Å²) in [6.45, 7) is 5.75. The molecule has 3 atom stereocenters. The number of benzene rings is 1. The standard InChI is InChI=1S/C26H39NO11/c1-5-7-9-13-34-25(31)37-19-12-11-18(15-20(19)38-26(32)35-14-10-8-6-2)21(22(27)23(28)29)17(3)16-36-24(30)33-4/h11-12,15,17,21-22H,5-10,13-14,16,27H2,1-4H3,(H,28,29)/t17?,21?,22-/m0/s1. The lowest BCUT2D eigenvalue weighted by atomic mass is 9.82. The first-order chi connectivity index (χ1) is 18.1. The maximum absolute atomic E-state index is 12.3. The van der Waals surface area contributed by atoms with Crippen LogP contribution in [0.3, 0.4) is 0 Å². The van der Waals surface area contributed by atoms with Gasteiger partial charge in [0.2, 0.25) is 0 Å². The number of carboxylic acids is 1. The number of methoxy groups -OCH3 is 1. The Balaban J connectivity index is 3.24. The summed E-state index contributed by atoms with van der Waals surface area (Å²) in [6.07, 6.45) is 1.97. The summed E-state index contributed by atoms with van der Waals surface area (Å²) in [5.41, 5.74) is 6.30. The van der Waals surface area contributed by atoms with E-state index in [0.29, 0.717) is 18.4 Å². The lowest BCUT2D eigenvalue weighted by molar-refractivity contribution is -0.139. The van der Waals surface area contributed by atoms with E-state index < -0.39 is 42.3 Å². The number of carboxylic acid groups (broad SMARTS) is 1. The zero-order valence-corrected chi connectivity index (χ0v) is 22.4. The van der Waals surface area contributed by atoms with Crippen molar-refractivity contribution >= 4 is 24.4 Å². The van der Waals surface area contributed by atoms with Crippen molar-refractivity contribution in [1.82, 2.24) is 0 Å². The zero-order valence-electron chi connectivity index (χ0n) is 22.4. The van der Waals surface area contributed by atoms with E-state index in [0.717, 1.165) is 32.8 Å². The van der Waals surface area contributed by atoms with Crippen LogP contribution in [0.1, 0.15) is 70.8 Å². The van der Waals surface area contributed by atoms with Crippen LogP contribution in [0.15, 0.2) is 18.2 Å². The van der Waals surface area contributed by atoms with Gasteiger partial charge in [-0.25, -0.2) is 14.4 Å². The Hall–Kier alpha value is -3.54. The van der Waals surface area contributed by atoms with E-state index in [-0.39, 0.29) is 31.3 Å².